The Morgan fingerprint density at radius 3 is 2.47 bits per heavy atom. The van der Waals surface area contributed by atoms with Crippen molar-refractivity contribution in [2.45, 2.75) is 53.1 Å². The number of carbonyl (C=O) groups is 1. The van der Waals surface area contributed by atoms with Crippen LogP contribution in [0, 0.1) is 0 Å². The number of benzene rings is 1. The van der Waals surface area contributed by atoms with Gasteiger partial charge in [-0.3, -0.25) is 0 Å². The van der Waals surface area contributed by atoms with Crippen LogP contribution in [-0.2, 0) is 6.54 Å². The molecule has 1 aromatic heterocycles. The zero-order valence-electron chi connectivity index (χ0n) is 18.4. The average molecular weight is 416 g/mol. The highest BCUT2D eigenvalue weighted by Gasteiger charge is 2.14. The Bertz CT molecular complexity index is 798. The zero-order chi connectivity index (χ0) is 21.8. The van der Waals surface area contributed by atoms with E-state index in [4.69, 9.17) is 14.2 Å². The summed E-state index contributed by atoms with van der Waals surface area (Å²) in [5.41, 5.74) is 1.77. The molecule has 2 rings (SSSR count). The summed E-state index contributed by atoms with van der Waals surface area (Å²) in [6, 6.07) is 9.01. The number of aromatic nitrogens is 1. The average Bonchev–Trinajstić information content (AvgIpc) is 2.76. The molecule has 1 unspecified atom stereocenters. The van der Waals surface area contributed by atoms with Gasteiger partial charge in [0.05, 0.1) is 25.9 Å². The van der Waals surface area contributed by atoms with Crippen LogP contribution in [-0.4, -0.2) is 30.8 Å². The lowest BCUT2D eigenvalue weighted by Gasteiger charge is -2.18. The Labute approximate surface area is 179 Å². The summed E-state index contributed by atoms with van der Waals surface area (Å²) < 4.78 is 17.1. The highest BCUT2D eigenvalue weighted by Crippen LogP contribution is 2.31. The SMILES string of the molecule is CCCOc1ccc(C(C)NC(=O)NCc2cccnc2OCC)cc1OCCC. The topological polar surface area (TPSA) is 81.7 Å². The third-order valence-electron chi connectivity index (χ3n) is 4.31. The van der Waals surface area contributed by atoms with Crippen LogP contribution in [0.1, 0.15) is 57.7 Å². The van der Waals surface area contributed by atoms with Crippen molar-refractivity contribution in [3.05, 3.63) is 47.7 Å². The Hall–Kier alpha value is -2.96. The Morgan fingerprint density at radius 1 is 1.03 bits per heavy atom. The molecule has 0 aliphatic rings. The van der Waals surface area contributed by atoms with Gasteiger partial charge in [0.1, 0.15) is 0 Å². The van der Waals surface area contributed by atoms with Crippen LogP contribution in [0.5, 0.6) is 17.4 Å². The van der Waals surface area contributed by atoms with Gasteiger partial charge in [0.25, 0.3) is 0 Å². The summed E-state index contributed by atoms with van der Waals surface area (Å²) in [7, 11) is 0. The van der Waals surface area contributed by atoms with Gasteiger partial charge in [-0.1, -0.05) is 26.0 Å². The lowest BCUT2D eigenvalue weighted by molar-refractivity contribution is 0.237. The number of hydrogen-bond donors (Lipinski definition) is 2. The van der Waals surface area contributed by atoms with E-state index in [-0.39, 0.29) is 12.1 Å². The minimum Gasteiger partial charge on any atom is -0.490 e. The summed E-state index contributed by atoms with van der Waals surface area (Å²) >= 11 is 0. The fourth-order valence-electron chi connectivity index (χ4n) is 2.78. The molecule has 2 aromatic rings. The number of pyridine rings is 1. The molecule has 1 atom stereocenters. The van der Waals surface area contributed by atoms with E-state index in [2.05, 4.69) is 29.5 Å². The van der Waals surface area contributed by atoms with Gasteiger partial charge in [0, 0.05) is 18.3 Å². The first-order valence-corrected chi connectivity index (χ1v) is 10.6. The predicted molar refractivity (Wildman–Crippen MR) is 117 cm³/mol. The van der Waals surface area contributed by atoms with Gasteiger partial charge >= 0.3 is 6.03 Å². The molecule has 2 N–H and O–H groups in total. The first kappa shape index (κ1) is 23.3. The molecule has 0 spiro atoms. The summed E-state index contributed by atoms with van der Waals surface area (Å²) in [5.74, 6) is 1.97. The largest absolute Gasteiger partial charge is 0.490 e. The van der Waals surface area contributed by atoms with Crippen LogP contribution >= 0.6 is 0 Å². The Balaban J connectivity index is 1.98. The van der Waals surface area contributed by atoms with E-state index in [1.807, 2.05) is 44.2 Å². The molecule has 0 saturated carbocycles. The van der Waals surface area contributed by atoms with Crippen molar-refractivity contribution in [3.63, 3.8) is 0 Å². The van der Waals surface area contributed by atoms with Crippen molar-refractivity contribution in [2.75, 3.05) is 19.8 Å². The van der Waals surface area contributed by atoms with Crippen LogP contribution in [0.3, 0.4) is 0 Å². The Kier molecular flexibility index (Phi) is 9.77. The van der Waals surface area contributed by atoms with Crippen molar-refractivity contribution < 1.29 is 19.0 Å². The van der Waals surface area contributed by atoms with E-state index in [0.717, 1.165) is 29.7 Å². The molecule has 0 radical (unpaired) electrons. The molecule has 30 heavy (non-hydrogen) atoms. The molecule has 0 saturated heterocycles. The predicted octanol–water partition coefficient (Wildman–Crippen LogP) is 4.62. The molecule has 0 aliphatic heterocycles. The normalized spacial score (nSPS) is 11.5. The Morgan fingerprint density at radius 2 is 1.77 bits per heavy atom. The summed E-state index contributed by atoms with van der Waals surface area (Å²) in [6.45, 7) is 10.1. The van der Waals surface area contributed by atoms with Gasteiger partial charge in [-0.25, -0.2) is 9.78 Å². The molecule has 2 amide bonds. The van der Waals surface area contributed by atoms with Crippen LogP contribution < -0.4 is 24.8 Å². The maximum Gasteiger partial charge on any atom is 0.315 e. The van der Waals surface area contributed by atoms with Crippen molar-refractivity contribution in [1.29, 1.82) is 0 Å². The third-order valence-corrected chi connectivity index (χ3v) is 4.31. The number of hydrogen-bond acceptors (Lipinski definition) is 5. The van der Waals surface area contributed by atoms with Gasteiger partial charge in [0.15, 0.2) is 11.5 Å². The van der Waals surface area contributed by atoms with E-state index in [1.54, 1.807) is 6.20 Å². The smallest absolute Gasteiger partial charge is 0.315 e. The van der Waals surface area contributed by atoms with Crippen LogP contribution in [0.25, 0.3) is 0 Å². The lowest BCUT2D eigenvalue weighted by Crippen LogP contribution is -2.36. The van der Waals surface area contributed by atoms with Crippen molar-refractivity contribution in [3.8, 4) is 17.4 Å². The second kappa shape index (κ2) is 12.6. The fraction of sp³-hybridized carbons (Fsp3) is 0.478. The second-order valence-corrected chi connectivity index (χ2v) is 6.85. The molecule has 0 aliphatic carbocycles. The number of nitrogens with zero attached hydrogens (tertiary/aromatic N) is 1. The monoisotopic (exact) mass is 415 g/mol. The molecule has 0 fully saturated rings. The van der Waals surface area contributed by atoms with Crippen LogP contribution in [0.15, 0.2) is 36.5 Å². The number of ether oxygens (including phenoxy) is 3. The van der Waals surface area contributed by atoms with E-state index < -0.39 is 0 Å². The fourth-order valence-corrected chi connectivity index (χ4v) is 2.78. The minimum atomic E-state index is -0.267. The molecule has 7 heteroatoms. The molecule has 7 nitrogen and oxygen atoms in total. The van der Waals surface area contributed by atoms with Gasteiger partial charge in [-0.05, 0) is 50.5 Å². The second-order valence-electron chi connectivity index (χ2n) is 6.85. The maximum absolute atomic E-state index is 12.4. The quantitative estimate of drug-likeness (QED) is 0.529. The third kappa shape index (κ3) is 7.13. The highest BCUT2D eigenvalue weighted by atomic mass is 16.5. The minimum absolute atomic E-state index is 0.200. The summed E-state index contributed by atoms with van der Waals surface area (Å²) in [5, 5.41) is 5.82. The molecule has 1 aromatic carbocycles. The van der Waals surface area contributed by atoms with Gasteiger partial charge in [0.2, 0.25) is 5.88 Å². The van der Waals surface area contributed by atoms with E-state index >= 15 is 0 Å². The van der Waals surface area contributed by atoms with Crippen LogP contribution in [0.2, 0.25) is 0 Å². The molecular formula is C23H33N3O4. The lowest BCUT2D eigenvalue weighted by atomic mass is 10.1. The number of amides is 2. The van der Waals surface area contributed by atoms with Gasteiger partial charge in [-0.15, -0.1) is 0 Å². The zero-order valence-corrected chi connectivity index (χ0v) is 18.4. The molecule has 164 valence electrons. The van der Waals surface area contributed by atoms with Crippen molar-refractivity contribution in [2.24, 2.45) is 0 Å². The number of urea groups is 1. The standard InChI is InChI=1S/C23H33N3O4/c1-5-13-29-20-11-10-18(15-21(20)30-14-6-2)17(4)26-23(27)25-16-19-9-8-12-24-22(19)28-7-3/h8-12,15,17H,5-7,13-14,16H2,1-4H3,(H2,25,26,27). The summed E-state index contributed by atoms with van der Waals surface area (Å²) in [6.07, 6.45) is 3.50. The molecule has 0 bridgehead atoms. The molecular weight excluding hydrogens is 382 g/mol. The molecule has 1 heterocycles. The summed E-state index contributed by atoms with van der Waals surface area (Å²) in [4.78, 5) is 16.6. The highest BCUT2D eigenvalue weighted by molar-refractivity contribution is 5.74. The van der Waals surface area contributed by atoms with Gasteiger partial charge < -0.3 is 24.8 Å². The number of carbonyl (C=O) groups excluding carboxylic acids is 1. The number of nitrogens with one attached hydrogen (secondary N) is 2. The van der Waals surface area contributed by atoms with E-state index in [1.165, 1.54) is 0 Å². The van der Waals surface area contributed by atoms with E-state index in [0.29, 0.717) is 38.0 Å². The van der Waals surface area contributed by atoms with Crippen molar-refractivity contribution >= 4 is 6.03 Å². The first-order valence-electron chi connectivity index (χ1n) is 10.6. The van der Waals surface area contributed by atoms with Crippen molar-refractivity contribution in [1.82, 2.24) is 15.6 Å². The van der Waals surface area contributed by atoms with Crippen LogP contribution in [0.4, 0.5) is 4.79 Å². The first-order chi connectivity index (χ1) is 14.6. The maximum atomic E-state index is 12.4. The van der Waals surface area contributed by atoms with Gasteiger partial charge in [-0.2, -0.15) is 0 Å². The number of rotatable bonds is 12. The van der Waals surface area contributed by atoms with E-state index in [9.17, 15) is 4.79 Å².